The minimum atomic E-state index is -4.85. The lowest BCUT2D eigenvalue weighted by Crippen LogP contribution is -2.39. The molecule has 1 saturated heterocycles. The Labute approximate surface area is 122 Å². The Morgan fingerprint density at radius 2 is 1.71 bits per heavy atom. The smallest absolute Gasteiger partial charge is 0.332 e. The van der Waals surface area contributed by atoms with Crippen LogP contribution in [0.15, 0.2) is 34.1 Å². The summed E-state index contributed by atoms with van der Waals surface area (Å²) in [7, 11) is -8.67. The third-order valence-corrected chi connectivity index (χ3v) is 5.08. The predicted molar refractivity (Wildman–Crippen MR) is 70.5 cm³/mol. The lowest BCUT2D eigenvalue weighted by atomic mass is 10.3. The first kappa shape index (κ1) is 16.3. The van der Waals surface area contributed by atoms with E-state index in [0.717, 1.165) is 24.3 Å². The van der Waals surface area contributed by atoms with E-state index in [4.69, 9.17) is 9.47 Å². The highest BCUT2D eigenvalue weighted by molar-refractivity contribution is 7.89. The fourth-order valence-corrected chi connectivity index (χ4v) is 3.25. The van der Waals surface area contributed by atoms with Crippen molar-refractivity contribution in [2.24, 2.45) is 0 Å². The zero-order valence-electron chi connectivity index (χ0n) is 10.9. The molecule has 7 nitrogen and oxygen atoms in total. The van der Waals surface area contributed by atoms with Crippen molar-refractivity contribution >= 4 is 20.2 Å². The molecule has 1 heterocycles. The minimum absolute atomic E-state index is 0.0332. The van der Waals surface area contributed by atoms with Gasteiger partial charge in [0.1, 0.15) is 0 Å². The molecular formula is C11H14FNO6S2. The van der Waals surface area contributed by atoms with E-state index >= 15 is 0 Å². The van der Waals surface area contributed by atoms with Gasteiger partial charge in [0, 0.05) is 6.54 Å². The number of hydrogen-bond donors (Lipinski definition) is 1. The van der Waals surface area contributed by atoms with Crippen molar-refractivity contribution in [3.8, 4) is 0 Å². The van der Waals surface area contributed by atoms with Crippen LogP contribution < -0.4 is 4.72 Å². The van der Waals surface area contributed by atoms with Gasteiger partial charge in [0.05, 0.1) is 35.7 Å². The monoisotopic (exact) mass is 339 g/mol. The predicted octanol–water partition coefficient (Wildman–Crippen LogP) is 0.0385. The Morgan fingerprint density at radius 3 is 2.24 bits per heavy atom. The number of halogens is 1. The van der Waals surface area contributed by atoms with E-state index in [1.54, 1.807) is 0 Å². The summed E-state index contributed by atoms with van der Waals surface area (Å²) in [4.78, 5) is -0.753. The molecule has 21 heavy (non-hydrogen) atoms. The first-order chi connectivity index (χ1) is 9.79. The van der Waals surface area contributed by atoms with E-state index < -0.39 is 25.1 Å². The SMILES string of the molecule is O=S(=O)(F)c1ccc(S(=O)(=O)NCC2COCCO2)cc1. The van der Waals surface area contributed by atoms with Gasteiger partial charge in [0.25, 0.3) is 0 Å². The first-order valence-corrected chi connectivity index (χ1v) is 8.89. The Bertz CT molecular complexity index is 680. The van der Waals surface area contributed by atoms with Gasteiger partial charge >= 0.3 is 10.2 Å². The second kappa shape index (κ2) is 6.36. The van der Waals surface area contributed by atoms with Crippen LogP contribution in [0, 0.1) is 0 Å². The average Bonchev–Trinajstić information content (AvgIpc) is 2.46. The molecule has 0 amide bonds. The molecule has 1 aliphatic heterocycles. The van der Waals surface area contributed by atoms with Crippen molar-refractivity contribution in [3.63, 3.8) is 0 Å². The molecule has 1 aromatic carbocycles. The van der Waals surface area contributed by atoms with Gasteiger partial charge < -0.3 is 9.47 Å². The number of hydrogen-bond acceptors (Lipinski definition) is 6. The van der Waals surface area contributed by atoms with Crippen molar-refractivity contribution < 1.29 is 30.2 Å². The van der Waals surface area contributed by atoms with Crippen LogP contribution in [0.2, 0.25) is 0 Å². The molecule has 1 fully saturated rings. The molecule has 1 aromatic rings. The van der Waals surface area contributed by atoms with Gasteiger partial charge in [-0.1, -0.05) is 0 Å². The molecule has 118 valence electrons. The van der Waals surface area contributed by atoms with Crippen LogP contribution >= 0.6 is 0 Å². The molecule has 1 aliphatic rings. The van der Waals surface area contributed by atoms with Crippen LogP contribution in [-0.4, -0.2) is 49.3 Å². The summed E-state index contributed by atoms with van der Waals surface area (Å²) in [6.07, 6.45) is -0.376. The van der Waals surface area contributed by atoms with E-state index in [1.807, 2.05) is 0 Å². The van der Waals surface area contributed by atoms with Crippen LogP contribution in [0.5, 0.6) is 0 Å². The Hall–Kier alpha value is -1.07. The Balaban J connectivity index is 2.05. The highest BCUT2D eigenvalue weighted by Crippen LogP contribution is 2.16. The maximum absolute atomic E-state index is 12.7. The molecule has 0 saturated carbocycles. The standard InChI is InChI=1S/C11H14FNO6S2/c12-20(14,15)10-1-3-11(4-2-10)21(16,17)13-7-9-8-18-5-6-19-9/h1-4,9,13H,5-8H2. The molecule has 0 aromatic heterocycles. The van der Waals surface area contributed by atoms with E-state index in [-0.39, 0.29) is 17.5 Å². The van der Waals surface area contributed by atoms with Crippen molar-refractivity contribution in [1.82, 2.24) is 4.72 Å². The van der Waals surface area contributed by atoms with Gasteiger partial charge in [-0.3, -0.25) is 0 Å². The number of benzene rings is 1. The van der Waals surface area contributed by atoms with E-state index in [0.29, 0.717) is 19.8 Å². The van der Waals surface area contributed by atoms with Crippen molar-refractivity contribution in [3.05, 3.63) is 24.3 Å². The fraction of sp³-hybridized carbons (Fsp3) is 0.455. The second-order valence-electron chi connectivity index (χ2n) is 4.33. The van der Waals surface area contributed by atoms with Crippen molar-refractivity contribution in [1.29, 1.82) is 0 Å². The van der Waals surface area contributed by atoms with Gasteiger partial charge in [-0.2, -0.15) is 8.42 Å². The highest BCUT2D eigenvalue weighted by atomic mass is 32.3. The van der Waals surface area contributed by atoms with Crippen molar-refractivity contribution in [2.75, 3.05) is 26.4 Å². The average molecular weight is 339 g/mol. The molecule has 2 rings (SSSR count). The molecule has 0 aliphatic carbocycles. The molecule has 0 bridgehead atoms. The van der Waals surface area contributed by atoms with Crippen LogP contribution in [-0.2, 0) is 29.7 Å². The summed E-state index contributed by atoms with van der Waals surface area (Å²) in [5.41, 5.74) is 0. The summed E-state index contributed by atoms with van der Waals surface area (Å²) in [5, 5.41) is 0. The molecule has 10 heteroatoms. The van der Waals surface area contributed by atoms with E-state index in [1.165, 1.54) is 0 Å². The molecule has 0 radical (unpaired) electrons. The van der Waals surface area contributed by atoms with Crippen LogP contribution in [0.4, 0.5) is 3.89 Å². The van der Waals surface area contributed by atoms with Crippen LogP contribution in [0.1, 0.15) is 0 Å². The summed E-state index contributed by atoms with van der Waals surface area (Å²) in [6, 6.07) is 3.83. The zero-order valence-corrected chi connectivity index (χ0v) is 12.5. The second-order valence-corrected chi connectivity index (χ2v) is 7.44. The van der Waals surface area contributed by atoms with E-state index in [2.05, 4.69) is 4.72 Å². The summed E-state index contributed by atoms with van der Waals surface area (Å²) >= 11 is 0. The summed E-state index contributed by atoms with van der Waals surface area (Å²) in [5.74, 6) is 0. The quantitative estimate of drug-likeness (QED) is 0.761. The Kier molecular flexibility index (Phi) is 4.94. The maximum atomic E-state index is 12.7. The van der Waals surface area contributed by atoms with Gasteiger partial charge in [-0.05, 0) is 24.3 Å². The number of ether oxygens (including phenoxy) is 2. The number of sulfonamides is 1. The lowest BCUT2D eigenvalue weighted by Gasteiger charge is -2.23. The van der Waals surface area contributed by atoms with Crippen molar-refractivity contribution in [2.45, 2.75) is 15.9 Å². The summed E-state index contributed by atoms with van der Waals surface area (Å²) < 4.78 is 70.8. The highest BCUT2D eigenvalue weighted by Gasteiger charge is 2.20. The van der Waals surface area contributed by atoms with Gasteiger partial charge in [0.15, 0.2) is 0 Å². The lowest BCUT2D eigenvalue weighted by molar-refractivity contribution is -0.0846. The maximum Gasteiger partial charge on any atom is 0.332 e. The molecule has 1 atom stereocenters. The van der Waals surface area contributed by atoms with E-state index in [9.17, 15) is 20.7 Å². The minimum Gasteiger partial charge on any atom is -0.376 e. The first-order valence-electron chi connectivity index (χ1n) is 6.03. The molecule has 1 N–H and O–H groups in total. The van der Waals surface area contributed by atoms with Crippen LogP contribution in [0.3, 0.4) is 0 Å². The fourth-order valence-electron chi connectivity index (χ4n) is 1.72. The largest absolute Gasteiger partial charge is 0.376 e. The molecular weight excluding hydrogens is 325 g/mol. The van der Waals surface area contributed by atoms with Crippen LogP contribution in [0.25, 0.3) is 0 Å². The topological polar surface area (TPSA) is 98.8 Å². The normalized spacial score (nSPS) is 20.3. The summed E-state index contributed by atoms with van der Waals surface area (Å²) in [6.45, 7) is 1.20. The number of nitrogens with one attached hydrogen (secondary N) is 1. The third kappa shape index (κ3) is 4.45. The number of rotatable bonds is 5. The zero-order chi connectivity index (χ0) is 15.5. The van der Waals surface area contributed by atoms with Gasteiger partial charge in [-0.15, -0.1) is 3.89 Å². The Morgan fingerprint density at radius 1 is 1.10 bits per heavy atom. The third-order valence-electron chi connectivity index (χ3n) is 2.80. The van der Waals surface area contributed by atoms with Gasteiger partial charge in [0.2, 0.25) is 10.0 Å². The van der Waals surface area contributed by atoms with Gasteiger partial charge in [-0.25, -0.2) is 13.1 Å². The molecule has 1 unspecified atom stereocenters. The molecule has 0 spiro atoms.